The van der Waals surface area contributed by atoms with Crippen molar-refractivity contribution >= 4 is 0 Å². The van der Waals surface area contributed by atoms with Crippen molar-refractivity contribution in [1.82, 2.24) is 15.5 Å². The predicted molar refractivity (Wildman–Crippen MR) is 61.6 cm³/mol. The molecule has 0 aromatic rings. The van der Waals surface area contributed by atoms with Crippen LogP contribution in [0.4, 0.5) is 0 Å². The summed E-state index contributed by atoms with van der Waals surface area (Å²) in [5.41, 5.74) is 0. The smallest absolute Gasteiger partial charge is 0.0105 e. The second-order valence-electron chi connectivity index (χ2n) is 4.43. The second-order valence-corrected chi connectivity index (χ2v) is 4.43. The summed E-state index contributed by atoms with van der Waals surface area (Å²) in [7, 11) is 6.35. The molecule has 1 atom stereocenters. The van der Waals surface area contributed by atoms with Crippen LogP contribution in [-0.4, -0.2) is 51.7 Å². The summed E-state index contributed by atoms with van der Waals surface area (Å²) >= 11 is 0. The lowest BCUT2D eigenvalue weighted by molar-refractivity contribution is 0.183. The van der Waals surface area contributed by atoms with Crippen molar-refractivity contribution < 1.29 is 0 Å². The molecule has 0 spiro atoms. The number of piperidine rings is 1. The van der Waals surface area contributed by atoms with E-state index in [1.807, 2.05) is 7.05 Å². The molecule has 1 heterocycles. The summed E-state index contributed by atoms with van der Waals surface area (Å²) in [5.74, 6) is 0.879. The van der Waals surface area contributed by atoms with Crippen molar-refractivity contribution in [2.24, 2.45) is 5.92 Å². The third-order valence-electron chi connectivity index (χ3n) is 3.41. The van der Waals surface area contributed by atoms with Gasteiger partial charge in [0.05, 0.1) is 0 Å². The molecular formula is C11H25N3. The fourth-order valence-electron chi connectivity index (χ4n) is 2.35. The molecule has 0 aromatic heterocycles. The minimum atomic E-state index is 0.705. The van der Waals surface area contributed by atoms with Crippen molar-refractivity contribution in [2.45, 2.75) is 25.3 Å². The second kappa shape index (κ2) is 6.38. The summed E-state index contributed by atoms with van der Waals surface area (Å²) < 4.78 is 0. The maximum absolute atomic E-state index is 3.46. The van der Waals surface area contributed by atoms with Gasteiger partial charge in [-0.15, -0.1) is 0 Å². The lowest BCUT2D eigenvalue weighted by Gasteiger charge is -2.34. The van der Waals surface area contributed by atoms with Gasteiger partial charge in [0.15, 0.2) is 0 Å². The third-order valence-corrected chi connectivity index (χ3v) is 3.41. The van der Waals surface area contributed by atoms with E-state index in [0.29, 0.717) is 6.04 Å². The van der Waals surface area contributed by atoms with Gasteiger partial charge in [0.2, 0.25) is 0 Å². The van der Waals surface area contributed by atoms with E-state index in [1.54, 1.807) is 0 Å². The van der Waals surface area contributed by atoms with Gasteiger partial charge < -0.3 is 15.5 Å². The Kier molecular flexibility index (Phi) is 5.45. The minimum absolute atomic E-state index is 0.705. The molecule has 1 aliphatic rings. The molecule has 1 unspecified atom stereocenters. The molecular weight excluding hydrogens is 174 g/mol. The lowest BCUT2D eigenvalue weighted by atomic mass is 9.88. The van der Waals surface area contributed by atoms with Gasteiger partial charge in [0.25, 0.3) is 0 Å². The first-order chi connectivity index (χ1) is 6.77. The highest BCUT2D eigenvalue weighted by molar-refractivity contribution is 4.80. The Morgan fingerprint density at radius 1 is 1.29 bits per heavy atom. The Morgan fingerprint density at radius 2 is 1.93 bits per heavy atom. The summed E-state index contributed by atoms with van der Waals surface area (Å²) in [6, 6.07) is 0.705. The van der Waals surface area contributed by atoms with E-state index in [4.69, 9.17) is 0 Å². The highest BCUT2D eigenvalue weighted by Crippen LogP contribution is 2.21. The zero-order valence-corrected chi connectivity index (χ0v) is 9.84. The molecule has 0 aliphatic carbocycles. The van der Waals surface area contributed by atoms with Crippen LogP contribution in [0.3, 0.4) is 0 Å². The highest BCUT2D eigenvalue weighted by Gasteiger charge is 2.23. The van der Waals surface area contributed by atoms with Crippen LogP contribution in [0.5, 0.6) is 0 Å². The van der Waals surface area contributed by atoms with Crippen LogP contribution in [0.1, 0.15) is 19.3 Å². The molecule has 1 saturated heterocycles. The fraction of sp³-hybridized carbons (Fsp3) is 1.00. The van der Waals surface area contributed by atoms with Crippen molar-refractivity contribution in [2.75, 3.05) is 40.8 Å². The highest BCUT2D eigenvalue weighted by atomic mass is 15.1. The van der Waals surface area contributed by atoms with Gasteiger partial charge in [-0.1, -0.05) is 0 Å². The quantitative estimate of drug-likeness (QED) is 0.676. The van der Waals surface area contributed by atoms with Crippen molar-refractivity contribution in [3.05, 3.63) is 0 Å². The van der Waals surface area contributed by atoms with E-state index in [-0.39, 0.29) is 0 Å². The Morgan fingerprint density at radius 3 is 2.43 bits per heavy atom. The Balaban J connectivity index is 2.29. The van der Waals surface area contributed by atoms with Crippen LogP contribution in [0, 0.1) is 5.92 Å². The van der Waals surface area contributed by atoms with Crippen LogP contribution in [0.15, 0.2) is 0 Å². The van der Waals surface area contributed by atoms with E-state index in [2.05, 4.69) is 29.6 Å². The average molecular weight is 199 g/mol. The fourth-order valence-corrected chi connectivity index (χ4v) is 2.35. The number of hydrogen-bond acceptors (Lipinski definition) is 3. The summed E-state index contributed by atoms with van der Waals surface area (Å²) in [4.78, 5) is 2.43. The minimum Gasteiger partial charge on any atom is -0.320 e. The van der Waals surface area contributed by atoms with Gasteiger partial charge in [-0.05, 0) is 66.0 Å². The molecule has 1 fully saturated rings. The zero-order valence-electron chi connectivity index (χ0n) is 9.84. The van der Waals surface area contributed by atoms with E-state index in [0.717, 1.165) is 12.5 Å². The van der Waals surface area contributed by atoms with E-state index in [9.17, 15) is 0 Å². The number of nitrogens with zero attached hydrogens (tertiary/aromatic N) is 1. The zero-order chi connectivity index (χ0) is 10.4. The van der Waals surface area contributed by atoms with Gasteiger partial charge >= 0.3 is 0 Å². The van der Waals surface area contributed by atoms with Crippen molar-refractivity contribution in [3.63, 3.8) is 0 Å². The van der Waals surface area contributed by atoms with Crippen LogP contribution in [-0.2, 0) is 0 Å². The number of rotatable bonds is 5. The summed E-state index contributed by atoms with van der Waals surface area (Å²) in [6.07, 6.45) is 3.96. The number of nitrogens with one attached hydrogen (secondary N) is 2. The monoisotopic (exact) mass is 199 g/mol. The molecule has 3 nitrogen and oxygen atoms in total. The molecule has 0 radical (unpaired) electrons. The van der Waals surface area contributed by atoms with Crippen LogP contribution in [0.25, 0.3) is 0 Å². The van der Waals surface area contributed by atoms with Crippen LogP contribution in [0.2, 0.25) is 0 Å². The first-order valence-electron chi connectivity index (χ1n) is 5.78. The van der Waals surface area contributed by atoms with E-state index < -0.39 is 0 Å². The first kappa shape index (κ1) is 12.0. The molecule has 0 bridgehead atoms. The van der Waals surface area contributed by atoms with Gasteiger partial charge in [-0.25, -0.2) is 0 Å². The summed E-state index contributed by atoms with van der Waals surface area (Å²) in [6.45, 7) is 3.66. The maximum Gasteiger partial charge on any atom is 0.0105 e. The maximum atomic E-state index is 3.46. The normalized spacial score (nSPS) is 22.5. The standard InChI is InChI=1S/C11H25N3/c1-12-7-4-11(13-2)10-5-8-14(3)9-6-10/h10-13H,4-9H2,1-3H3. The van der Waals surface area contributed by atoms with Crippen molar-refractivity contribution in [1.29, 1.82) is 0 Å². The van der Waals surface area contributed by atoms with E-state index in [1.165, 1.54) is 32.4 Å². The Hall–Kier alpha value is -0.120. The van der Waals surface area contributed by atoms with Gasteiger partial charge in [0, 0.05) is 6.04 Å². The molecule has 1 rings (SSSR count). The van der Waals surface area contributed by atoms with Gasteiger partial charge in [-0.2, -0.15) is 0 Å². The molecule has 3 heteroatoms. The number of likely N-dealkylation sites (tertiary alicyclic amines) is 1. The number of hydrogen-bond donors (Lipinski definition) is 2. The topological polar surface area (TPSA) is 27.3 Å². The predicted octanol–water partition coefficient (Wildman–Crippen LogP) is 0.526. The van der Waals surface area contributed by atoms with Gasteiger partial charge in [-0.3, -0.25) is 0 Å². The van der Waals surface area contributed by atoms with Crippen molar-refractivity contribution in [3.8, 4) is 0 Å². The van der Waals surface area contributed by atoms with Crippen LogP contribution >= 0.6 is 0 Å². The molecule has 0 saturated carbocycles. The molecule has 84 valence electrons. The largest absolute Gasteiger partial charge is 0.320 e. The Bertz CT molecular complexity index is 139. The molecule has 2 N–H and O–H groups in total. The summed E-state index contributed by atoms with van der Waals surface area (Å²) in [5, 5.41) is 6.69. The molecule has 0 aromatic carbocycles. The van der Waals surface area contributed by atoms with Gasteiger partial charge in [0.1, 0.15) is 0 Å². The SMILES string of the molecule is CNCCC(NC)C1CCN(C)CC1. The van der Waals surface area contributed by atoms with E-state index >= 15 is 0 Å². The Labute approximate surface area is 88.2 Å². The molecule has 0 amide bonds. The van der Waals surface area contributed by atoms with Crippen LogP contribution < -0.4 is 10.6 Å². The third kappa shape index (κ3) is 3.56. The lowest BCUT2D eigenvalue weighted by Crippen LogP contribution is -2.42. The average Bonchev–Trinajstić information content (AvgIpc) is 2.21. The molecule has 14 heavy (non-hydrogen) atoms. The first-order valence-corrected chi connectivity index (χ1v) is 5.78. The molecule has 1 aliphatic heterocycles.